The first-order valence-electron chi connectivity index (χ1n) is 6.31. The van der Waals surface area contributed by atoms with E-state index < -0.39 is 0 Å². The largest absolute Gasteiger partial charge is 0.356 e. The van der Waals surface area contributed by atoms with E-state index in [1.54, 1.807) is 0 Å². The average Bonchev–Trinajstić information content (AvgIpc) is 2.36. The minimum absolute atomic E-state index is 0.00131. The van der Waals surface area contributed by atoms with E-state index >= 15 is 0 Å². The SMILES string of the molecule is CCCNC(=O)CCNc1nc(Cl)nc(NCC)n1. The first kappa shape index (κ1) is 15.4. The van der Waals surface area contributed by atoms with Crippen molar-refractivity contribution in [3.63, 3.8) is 0 Å². The summed E-state index contributed by atoms with van der Waals surface area (Å²) in [5.74, 6) is 0.779. The molecule has 1 aromatic heterocycles. The Hall–Kier alpha value is -1.63. The Morgan fingerprint density at radius 1 is 1.11 bits per heavy atom. The molecule has 0 spiro atoms. The number of amides is 1. The Kier molecular flexibility index (Phi) is 6.88. The summed E-state index contributed by atoms with van der Waals surface area (Å²) in [6.45, 7) is 5.78. The van der Waals surface area contributed by atoms with Gasteiger partial charge in [0.1, 0.15) is 0 Å². The van der Waals surface area contributed by atoms with Crippen molar-refractivity contribution in [2.45, 2.75) is 26.7 Å². The number of aromatic nitrogens is 3. The lowest BCUT2D eigenvalue weighted by Gasteiger charge is -2.07. The number of halogens is 1. The molecule has 0 aliphatic carbocycles. The molecule has 1 amide bonds. The zero-order chi connectivity index (χ0) is 14.1. The molecule has 0 aliphatic rings. The van der Waals surface area contributed by atoms with E-state index in [9.17, 15) is 4.79 Å². The predicted octanol–water partition coefficient (Wildman–Crippen LogP) is 1.28. The molecule has 106 valence electrons. The Labute approximate surface area is 117 Å². The van der Waals surface area contributed by atoms with E-state index in [1.165, 1.54) is 0 Å². The molecule has 1 rings (SSSR count). The minimum atomic E-state index is 0.00131. The van der Waals surface area contributed by atoms with E-state index in [0.29, 0.717) is 38.0 Å². The van der Waals surface area contributed by atoms with Crippen molar-refractivity contribution in [2.24, 2.45) is 0 Å². The van der Waals surface area contributed by atoms with Crippen LogP contribution in [0.15, 0.2) is 0 Å². The fourth-order valence-corrected chi connectivity index (χ4v) is 1.47. The highest BCUT2D eigenvalue weighted by molar-refractivity contribution is 6.28. The quantitative estimate of drug-likeness (QED) is 0.667. The smallest absolute Gasteiger partial charge is 0.228 e. The molecular weight excluding hydrogens is 268 g/mol. The van der Waals surface area contributed by atoms with Crippen molar-refractivity contribution >= 4 is 29.4 Å². The molecule has 7 nitrogen and oxygen atoms in total. The monoisotopic (exact) mass is 286 g/mol. The van der Waals surface area contributed by atoms with Gasteiger partial charge in [0.2, 0.25) is 23.1 Å². The van der Waals surface area contributed by atoms with Crippen LogP contribution >= 0.6 is 11.6 Å². The third-order valence-electron chi connectivity index (χ3n) is 2.15. The van der Waals surface area contributed by atoms with Crippen molar-refractivity contribution in [1.29, 1.82) is 0 Å². The molecule has 0 unspecified atom stereocenters. The highest BCUT2D eigenvalue weighted by Crippen LogP contribution is 2.09. The predicted molar refractivity (Wildman–Crippen MR) is 75.4 cm³/mol. The van der Waals surface area contributed by atoms with E-state index in [2.05, 4.69) is 30.9 Å². The van der Waals surface area contributed by atoms with Crippen LogP contribution in [0.2, 0.25) is 5.28 Å². The first-order valence-corrected chi connectivity index (χ1v) is 6.69. The number of nitrogens with one attached hydrogen (secondary N) is 3. The van der Waals surface area contributed by atoms with Gasteiger partial charge in [0, 0.05) is 26.1 Å². The maximum Gasteiger partial charge on any atom is 0.228 e. The van der Waals surface area contributed by atoms with Crippen LogP contribution in [0.5, 0.6) is 0 Å². The number of rotatable bonds is 8. The zero-order valence-corrected chi connectivity index (χ0v) is 11.9. The van der Waals surface area contributed by atoms with Crippen LogP contribution in [0.1, 0.15) is 26.7 Å². The maximum absolute atomic E-state index is 11.4. The van der Waals surface area contributed by atoms with Gasteiger partial charge in [0.25, 0.3) is 0 Å². The Bertz CT molecular complexity index is 414. The standard InChI is InChI=1S/C11H19ClN6O/c1-3-6-14-8(19)5-7-15-11-17-9(12)16-10(18-11)13-4-2/h3-7H2,1-2H3,(H,14,19)(H2,13,15,16,17,18). The van der Waals surface area contributed by atoms with Gasteiger partial charge in [-0.15, -0.1) is 0 Å². The third kappa shape index (κ3) is 6.19. The molecule has 1 aromatic rings. The van der Waals surface area contributed by atoms with Gasteiger partial charge in [-0.2, -0.15) is 15.0 Å². The second-order valence-corrected chi connectivity index (χ2v) is 4.15. The molecule has 0 aliphatic heterocycles. The molecular formula is C11H19ClN6O. The number of anilines is 2. The number of carbonyl (C=O) groups excluding carboxylic acids is 1. The molecule has 1 heterocycles. The van der Waals surface area contributed by atoms with Crippen LogP contribution in [-0.4, -0.2) is 40.5 Å². The molecule has 0 bridgehead atoms. The lowest BCUT2D eigenvalue weighted by atomic mass is 10.4. The Morgan fingerprint density at radius 2 is 1.79 bits per heavy atom. The van der Waals surface area contributed by atoms with Gasteiger partial charge in [0.15, 0.2) is 0 Å². The van der Waals surface area contributed by atoms with E-state index in [0.717, 1.165) is 6.42 Å². The summed E-state index contributed by atoms with van der Waals surface area (Å²) in [6, 6.07) is 0. The molecule has 0 fully saturated rings. The number of nitrogens with zero attached hydrogens (tertiary/aromatic N) is 3. The van der Waals surface area contributed by atoms with Crippen molar-refractivity contribution in [1.82, 2.24) is 20.3 Å². The van der Waals surface area contributed by atoms with Gasteiger partial charge >= 0.3 is 0 Å². The Morgan fingerprint density at radius 3 is 2.42 bits per heavy atom. The van der Waals surface area contributed by atoms with Gasteiger partial charge < -0.3 is 16.0 Å². The summed E-state index contributed by atoms with van der Waals surface area (Å²) in [7, 11) is 0. The van der Waals surface area contributed by atoms with Crippen molar-refractivity contribution in [3.8, 4) is 0 Å². The summed E-state index contributed by atoms with van der Waals surface area (Å²) in [5, 5.41) is 8.80. The summed E-state index contributed by atoms with van der Waals surface area (Å²) < 4.78 is 0. The highest BCUT2D eigenvalue weighted by atomic mass is 35.5. The second kappa shape index (κ2) is 8.47. The van der Waals surface area contributed by atoms with Gasteiger partial charge in [-0.1, -0.05) is 6.92 Å². The summed E-state index contributed by atoms with van der Waals surface area (Å²) in [6.07, 6.45) is 1.29. The number of hydrogen-bond acceptors (Lipinski definition) is 6. The lowest BCUT2D eigenvalue weighted by molar-refractivity contribution is -0.120. The minimum Gasteiger partial charge on any atom is -0.356 e. The van der Waals surface area contributed by atoms with Gasteiger partial charge in [-0.05, 0) is 24.9 Å². The molecule has 0 radical (unpaired) electrons. The molecule has 0 saturated carbocycles. The number of hydrogen-bond donors (Lipinski definition) is 3. The molecule has 0 saturated heterocycles. The molecule has 8 heteroatoms. The van der Waals surface area contributed by atoms with E-state index in [-0.39, 0.29) is 11.2 Å². The first-order chi connectivity index (χ1) is 9.15. The summed E-state index contributed by atoms with van der Waals surface area (Å²) in [4.78, 5) is 23.4. The van der Waals surface area contributed by atoms with Crippen LogP contribution in [0.4, 0.5) is 11.9 Å². The summed E-state index contributed by atoms with van der Waals surface area (Å²) in [5.41, 5.74) is 0. The van der Waals surface area contributed by atoms with Crippen molar-refractivity contribution in [2.75, 3.05) is 30.3 Å². The third-order valence-corrected chi connectivity index (χ3v) is 2.32. The highest BCUT2D eigenvalue weighted by Gasteiger charge is 2.05. The van der Waals surface area contributed by atoms with Gasteiger partial charge in [-0.3, -0.25) is 4.79 Å². The molecule has 19 heavy (non-hydrogen) atoms. The second-order valence-electron chi connectivity index (χ2n) is 3.81. The van der Waals surface area contributed by atoms with Gasteiger partial charge in [-0.25, -0.2) is 0 Å². The Balaban J connectivity index is 2.42. The zero-order valence-electron chi connectivity index (χ0n) is 11.2. The molecule has 0 atom stereocenters. The van der Waals surface area contributed by atoms with Gasteiger partial charge in [0.05, 0.1) is 0 Å². The van der Waals surface area contributed by atoms with E-state index in [1.807, 2.05) is 13.8 Å². The number of carbonyl (C=O) groups is 1. The van der Waals surface area contributed by atoms with Crippen LogP contribution in [0, 0.1) is 0 Å². The summed E-state index contributed by atoms with van der Waals surface area (Å²) >= 11 is 5.77. The van der Waals surface area contributed by atoms with Crippen molar-refractivity contribution in [3.05, 3.63) is 5.28 Å². The van der Waals surface area contributed by atoms with Crippen LogP contribution in [0.3, 0.4) is 0 Å². The fourth-order valence-electron chi connectivity index (χ4n) is 1.31. The maximum atomic E-state index is 11.4. The van der Waals surface area contributed by atoms with Crippen molar-refractivity contribution < 1.29 is 4.79 Å². The van der Waals surface area contributed by atoms with Crippen LogP contribution in [-0.2, 0) is 4.79 Å². The topological polar surface area (TPSA) is 91.8 Å². The molecule has 0 aromatic carbocycles. The fraction of sp³-hybridized carbons (Fsp3) is 0.636. The normalized spacial score (nSPS) is 10.1. The van der Waals surface area contributed by atoms with Crippen LogP contribution < -0.4 is 16.0 Å². The average molecular weight is 287 g/mol. The van der Waals surface area contributed by atoms with Crippen LogP contribution in [0.25, 0.3) is 0 Å². The lowest BCUT2D eigenvalue weighted by Crippen LogP contribution is -2.26. The molecule has 3 N–H and O–H groups in total. The van der Waals surface area contributed by atoms with E-state index in [4.69, 9.17) is 11.6 Å².